The molecule has 3 atom stereocenters. The summed E-state index contributed by atoms with van der Waals surface area (Å²) in [6.45, 7) is 0. The van der Waals surface area contributed by atoms with Gasteiger partial charge in [-0.3, -0.25) is 4.79 Å². The lowest BCUT2D eigenvalue weighted by atomic mass is 10.1. The van der Waals surface area contributed by atoms with Gasteiger partial charge in [-0.25, -0.2) is 0 Å². The van der Waals surface area contributed by atoms with Crippen molar-refractivity contribution in [2.24, 2.45) is 0 Å². The van der Waals surface area contributed by atoms with Crippen molar-refractivity contribution in [3.8, 4) is 17.0 Å². The van der Waals surface area contributed by atoms with Crippen LogP contribution in [0.15, 0.2) is 41.4 Å². The number of carbonyl (C=O) groups excluding carboxylic acids is 1. The van der Waals surface area contributed by atoms with Crippen molar-refractivity contribution < 1.29 is 9.90 Å². The molecule has 146 valence electrons. The van der Waals surface area contributed by atoms with Crippen LogP contribution in [0, 0.1) is 0 Å². The lowest BCUT2D eigenvalue weighted by Gasteiger charge is -2.28. The van der Waals surface area contributed by atoms with Gasteiger partial charge in [-0.1, -0.05) is 6.07 Å². The van der Waals surface area contributed by atoms with Crippen LogP contribution < -0.4 is 10.6 Å². The molecule has 2 aliphatic heterocycles. The summed E-state index contributed by atoms with van der Waals surface area (Å²) in [7, 11) is 1.57. The minimum Gasteiger partial charge on any atom is -0.507 e. The molecule has 7 heteroatoms. The maximum Gasteiger partial charge on any atom is 0.243 e. The Labute approximate surface area is 168 Å². The van der Waals surface area contributed by atoms with E-state index < -0.39 is 0 Å². The van der Waals surface area contributed by atoms with Gasteiger partial charge in [0.2, 0.25) is 5.91 Å². The lowest BCUT2D eigenvalue weighted by Crippen LogP contribution is -2.39. The normalized spacial score (nSPS) is 23.8. The van der Waals surface area contributed by atoms with Crippen LogP contribution in [0.3, 0.4) is 0 Å². The largest absolute Gasteiger partial charge is 0.507 e. The zero-order valence-corrected chi connectivity index (χ0v) is 16.6. The molecule has 0 saturated carbocycles. The van der Waals surface area contributed by atoms with E-state index in [-0.39, 0.29) is 11.7 Å². The highest BCUT2D eigenvalue weighted by Gasteiger charge is 2.34. The molecular weight excluding hydrogens is 372 g/mol. The monoisotopic (exact) mass is 396 g/mol. The highest BCUT2D eigenvalue weighted by molar-refractivity contribution is 7.99. The number of piperidine rings is 1. The van der Waals surface area contributed by atoms with Gasteiger partial charge in [-0.15, -0.1) is 22.0 Å². The first-order valence-electron chi connectivity index (χ1n) is 9.60. The fourth-order valence-corrected chi connectivity index (χ4v) is 5.16. The summed E-state index contributed by atoms with van der Waals surface area (Å²) in [6.07, 6.45) is 8.04. The van der Waals surface area contributed by atoms with E-state index in [0.29, 0.717) is 28.6 Å². The van der Waals surface area contributed by atoms with Gasteiger partial charge in [0.1, 0.15) is 10.8 Å². The van der Waals surface area contributed by atoms with Crippen molar-refractivity contribution in [2.75, 3.05) is 7.05 Å². The third-order valence-corrected chi connectivity index (χ3v) is 6.51. The second-order valence-electron chi connectivity index (χ2n) is 7.33. The van der Waals surface area contributed by atoms with Crippen LogP contribution >= 0.6 is 11.8 Å². The Bertz CT molecular complexity index is 872. The molecule has 1 aromatic heterocycles. The average Bonchev–Trinajstić information content (AvgIpc) is 3.05. The predicted octanol–water partition coefficient (Wildman–Crippen LogP) is 2.98. The van der Waals surface area contributed by atoms with Gasteiger partial charge in [-0.05, 0) is 61.6 Å². The zero-order valence-electron chi connectivity index (χ0n) is 15.8. The van der Waals surface area contributed by atoms with Crippen molar-refractivity contribution in [3.63, 3.8) is 0 Å². The summed E-state index contributed by atoms with van der Waals surface area (Å²) in [4.78, 5) is 11.3. The number of carbonyl (C=O) groups is 1. The molecule has 2 saturated heterocycles. The standard InChI is InChI=1S/C21H24N4O2S/c1-22-20(27)8-3-13-2-6-17(19(26)10-13)18-7-9-21(25-24-18)28-16-11-14-4-5-15(12-16)23-14/h2-3,6-10,14-16,23,26H,4-5,11-12H2,1H3,(H,22,27)/b8-3+/t14-,15+,16-. The molecule has 0 spiro atoms. The maximum atomic E-state index is 11.3. The van der Waals surface area contributed by atoms with Crippen molar-refractivity contribution in [1.29, 1.82) is 0 Å². The average molecular weight is 397 g/mol. The first-order chi connectivity index (χ1) is 13.6. The number of likely N-dealkylation sites (N-methyl/N-ethyl adjacent to an activating group) is 1. The third kappa shape index (κ3) is 4.36. The molecule has 2 bridgehead atoms. The van der Waals surface area contributed by atoms with E-state index in [1.807, 2.05) is 30.0 Å². The summed E-state index contributed by atoms with van der Waals surface area (Å²) >= 11 is 1.81. The number of amides is 1. The lowest BCUT2D eigenvalue weighted by molar-refractivity contribution is -0.115. The van der Waals surface area contributed by atoms with E-state index in [1.54, 1.807) is 25.3 Å². The van der Waals surface area contributed by atoms with E-state index in [2.05, 4.69) is 20.8 Å². The molecule has 3 N–H and O–H groups in total. The number of phenols is 1. The van der Waals surface area contributed by atoms with Gasteiger partial charge >= 0.3 is 0 Å². The van der Waals surface area contributed by atoms with Crippen LogP contribution in [0.5, 0.6) is 5.75 Å². The third-order valence-electron chi connectivity index (χ3n) is 5.33. The molecule has 0 radical (unpaired) electrons. The van der Waals surface area contributed by atoms with Gasteiger partial charge in [-0.2, -0.15) is 0 Å². The number of hydrogen-bond acceptors (Lipinski definition) is 6. The summed E-state index contributed by atoms with van der Waals surface area (Å²) < 4.78 is 0. The van der Waals surface area contributed by atoms with E-state index in [1.165, 1.54) is 31.8 Å². The van der Waals surface area contributed by atoms with Gasteiger partial charge in [0.25, 0.3) is 0 Å². The number of nitrogens with one attached hydrogen (secondary N) is 2. The molecule has 1 aromatic carbocycles. The van der Waals surface area contributed by atoms with Crippen LogP contribution in [0.25, 0.3) is 17.3 Å². The quantitative estimate of drug-likeness (QED) is 0.674. The van der Waals surface area contributed by atoms with Crippen LogP contribution in [0.4, 0.5) is 0 Å². The first-order valence-corrected chi connectivity index (χ1v) is 10.5. The van der Waals surface area contributed by atoms with E-state index in [0.717, 1.165) is 10.6 Å². The Balaban J connectivity index is 1.43. The molecule has 2 aliphatic rings. The summed E-state index contributed by atoms with van der Waals surface area (Å²) in [5.74, 6) is -0.0760. The zero-order chi connectivity index (χ0) is 19.5. The second kappa shape index (κ2) is 8.32. The molecular formula is C21H24N4O2S. The number of nitrogens with zero attached hydrogens (tertiary/aromatic N) is 2. The van der Waals surface area contributed by atoms with Crippen LogP contribution in [0.2, 0.25) is 0 Å². The Hall–Kier alpha value is -2.38. The number of phenolic OH excluding ortho intramolecular Hbond substituents is 1. The number of aromatic nitrogens is 2. The molecule has 2 fully saturated rings. The van der Waals surface area contributed by atoms with E-state index >= 15 is 0 Å². The number of aromatic hydroxyl groups is 1. The van der Waals surface area contributed by atoms with E-state index in [4.69, 9.17) is 0 Å². The SMILES string of the molecule is CNC(=O)/C=C/c1ccc(-c2ccc(S[C@@H]3C[C@H]4CC[C@@H](C3)N4)nn2)c(O)c1. The van der Waals surface area contributed by atoms with Gasteiger partial charge in [0.15, 0.2) is 0 Å². The smallest absolute Gasteiger partial charge is 0.243 e. The summed E-state index contributed by atoms with van der Waals surface area (Å²) in [5.41, 5.74) is 2.00. The van der Waals surface area contributed by atoms with Gasteiger partial charge in [0, 0.05) is 36.0 Å². The topological polar surface area (TPSA) is 87.1 Å². The Morgan fingerprint density at radius 3 is 2.64 bits per heavy atom. The van der Waals surface area contributed by atoms with Crippen molar-refractivity contribution in [1.82, 2.24) is 20.8 Å². The Morgan fingerprint density at radius 1 is 1.21 bits per heavy atom. The van der Waals surface area contributed by atoms with Gasteiger partial charge in [0.05, 0.1) is 5.69 Å². The maximum absolute atomic E-state index is 11.3. The minimum atomic E-state index is -0.190. The summed E-state index contributed by atoms with van der Waals surface area (Å²) in [6, 6.07) is 10.5. The number of benzene rings is 1. The van der Waals surface area contributed by atoms with Crippen molar-refractivity contribution in [2.45, 2.75) is 48.0 Å². The molecule has 0 unspecified atom stereocenters. The number of rotatable bonds is 5. The minimum absolute atomic E-state index is 0.115. The molecule has 1 amide bonds. The second-order valence-corrected chi connectivity index (χ2v) is 8.65. The predicted molar refractivity (Wildman–Crippen MR) is 111 cm³/mol. The molecule has 28 heavy (non-hydrogen) atoms. The van der Waals surface area contributed by atoms with Crippen LogP contribution in [-0.4, -0.2) is 45.6 Å². The molecule has 3 heterocycles. The Morgan fingerprint density at radius 2 is 2.00 bits per heavy atom. The van der Waals surface area contributed by atoms with E-state index in [9.17, 15) is 9.90 Å². The first kappa shape index (κ1) is 19.0. The van der Waals surface area contributed by atoms with Gasteiger partial charge < -0.3 is 15.7 Å². The summed E-state index contributed by atoms with van der Waals surface area (Å²) in [5, 5.41) is 26.7. The van der Waals surface area contributed by atoms with Crippen molar-refractivity contribution in [3.05, 3.63) is 42.0 Å². The highest BCUT2D eigenvalue weighted by atomic mass is 32.2. The fraction of sp³-hybridized carbons (Fsp3) is 0.381. The fourth-order valence-electron chi connectivity index (χ4n) is 3.92. The Kier molecular flexibility index (Phi) is 5.64. The molecule has 0 aliphatic carbocycles. The van der Waals surface area contributed by atoms with Crippen LogP contribution in [0.1, 0.15) is 31.2 Å². The number of hydrogen-bond donors (Lipinski definition) is 3. The molecule has 2 aromatic rings. The van der Waals surface area contributed by atoms with Crippen molar-refractivity contribution >= 4 is 23.7 Å². The molecule has 4 rings (SSSR count). The highest BCUT2D eigenvalue weighted by Crippen LogP contribution is 2.37. The van der Waals surface area contributed by atoms with Crippen LogP contribution in [-0.2, 0) is 4.79 Å². The number of fused-ring (bicyclic) bond motifs is 2. The number of thioether (sulfide) groups is 1. The molecule has 6 nitrogen and oxygen atoms in total.